The summed E-state index contributed by atoms with van der Waals surface area (Å²) in [7, 11) is 1.86. The predicted octanol–water partition coefficient (Wildman–Crippen LogP) is 4.51. The number of para-hydroxylation sites is 1. The minimum absolute atomic E-state index is 0.129. The number of benzene rings is 2. The number of fused-ring (bicyclic) bond motifs is 1. The van der Waals surface area contributed by atoms with Crippen LogP contribution in [0.1, 0.15) is 43.6 Å². The molecule has 34 heavy (non-hydrogen) atoms. The molecule has 4 aromatic rings. The number of carbonyl (C=O) groups is 1. The Bertz CT molecular complexity index is 1280. The fraction of sp³-hybridized carbons (Fsp3) is 0.333. The number of unbranched alkanes of at least 4 members (excludes halogenated alkanes) is 2. The summed E-state index contributed by atoms with van der Waals surface area (Å²) in [6, 6.07) is 19.6. The molecule has 1 amide bonds. The van der Waals surface area contributed by atoms with E-state index in [2.05, 4.69) is 38.4 Å². The lowest BCUT2D eigenvalue weighted by atomic mass is 10.1. The van der Waals surface area contributed by atoms with Crippen molar-refractivity contribution < 1.29 is 4.79 Å². The molecule has 0 fully saturated rings. The number of H-pyrrole nitrogens is 2. The van der Waals surface area contributed by atoms with Crippen molar-refractivity contribution in [2.75, 3.05) is 13.6 Å². The zero-order valence-electron chi connectivity index (χ0n) is 19.6. The smallest absolute Gasteiger partial charge is 0.258 e. The highest BCUT2D eigenvalue weighted by atomic mass is 16.2. The molecule has 0 radical (unpaired) electrons. The Morgan fingerprint density at radius 1 is 0.941 bits per heavy atom. The highest BCUT2D eigenvalue weighted by molar-refractivity contribution is 5.77. The standard InChI is InChI=1S/C27H31N5O2/c1-32(18-9-3-6-13-21-19-24(31-30-21)20-11-4-2-5-12-20)26(33)17-10-16-25-28-23-15-8-7-14-22(23)27(34)29-25/h2,4-5,7-8,11-12,14-15,19H,3,6,9-10,13,16-18H2,1H3,(H,30,31)(H,28,29,34). The second-order valence-corrected chi connectivity index (χ2v) is 8.65. The molecule has 0 aliphatic rings. The molecule has 0 bridgehead atoms. The number of rotatable bonds is 11. The highest BCUT2D eigenvalue weighted by Gasteiger charge is 2.10. The maximum atomic E-state index is 12.5. The van der Waals surface area contributed by atoms with Gasteiger partial charge in [-0.15, -0.1) is 0 Å². The molecular weight excluding hydrogens is 426 g/mol. The number of hydrogen-bond acceptors (Lipinski definition) is 4. The van der Waals surface area contributed by atoms with Crippen LogP contribution in [0.5, 0.6) is 0 Å². The summed E-state index contributed by atoms with van der Waals surface area (Å²) >= 11 is 0. The molecule has 0 aliphatic heterocycles. The SMILES string of the molecule is CN(CCCCCc1cc(-c2ccccc2)n[nH]1)C(=O)CCCc1nc2ccccc2c(=O)[nH]1. The molecule has 7 nitrogen and oxygen atoms in total. The topological polar surface area (TPSA) is 94.7 Å². The molecule has 2 heterocycles. The summed E-state index contributed by atoms with van der Waals surface area (Å²) in [5, 5.41) is 8.12. The van der Waals surface area contributed by atoms with E-state index >= 15 is 0 Å². The predicted molar refractivity (Wildman–Crippen MR) is 135 cm³/mol. The summed E-state index contributed by atoms with van der Waals surface area (Å²) in [5.41, 5.74) is 3.80. The molecular formula is C27H31N5O2. The summed E-state index contributed by atoms with van der Waals surface area (Å²) in [4.78, 5) is 33.7. The third-order valence-corrected chi connectivity index (χ3v) is 6.03. The third-order valence-electron chi connectivity index (χ3n) is 6.03. The van der Waals surface area contributed by atoms with Gasteiger partial charge in [-0.2, -0.15) is 5.10 Å². The van der Waals surface area contributed by atoms with E-state index in [0.717, 1.165) is 49.2 Å². The van der Waals surface area contributed by atoms with Crippen LogP contribution in [-0.4, -0.2) is 44.6 Å². The van der Waals surface area contributed by atoms with E-state index in [1.807, 2.05) is 43.4 Å². The monoisotopic (exact) mass is 457 g/mol. The molecule has 0 spiro atoms. The quantitative estimate of drug-likeness (QED) is 0.324. The molecule has 2 N–H and O–H groups in total. The van der Waals surface area contributed by atoms with Gasteiger partial charge in [-0.1, -0.05) is 48.9 Å². The molecule has 4 rings (SSSR count). The molecule has 2 aromatic heterocycles. The van der Waals surface area contributed by atoms with Crippen molar-refractivity contribution in [3.8, 4) is 11.3 Å². The van der Waals surface area contributed by atoms with Crippen LogP contribution >= 0.6 is 0 Å². The van der Waals surface area contributed by atoms with Gasteiger partial charge in [0.25, 0.3) is 5.56 Å². The molecule has 7 heteroatoms. The van der Waals surface area contributed by atoms with Crippen molar-refractivity contribution in [2.24, 2.45) is 0 Å². The van der Waals surface area contributed by atoms with Crippen LogP contribution < -0.4 is 5.56 Å². The van der Waals surface area contributed by atoms with Gasteiger partial charge >= 0.3 is 0 Å². The van der Waals surface area contributed by atoms with Gasteiger partial charge in [0, 0.05) is 37.7 Å². The van der Waals surface area contributed by atoms with Crippen LogP contribution in [0.3, 0.4) is 0 Å². The lowest BCUT2D eigenvalue weighted by Crippen LogP contribution is -2.27. The Hall–Kier alpha value is -3.74. The van der Waals surface area contributed by atoms with Crippen LogP contribution in [0, 0.1) is 0 Å². The summed E-state index contributed by atoms with van der Waals surface area (Å²) in [5.74, 6) is 0.762. The molecule has 0 saturated carbocycles. The van der Waals surface area contributed by atoms with Crippen molar-refractivity contribution in [1.82, 2.24) is 25.1 Å². The third kappa shape index (κ3) is 6.19. The van der Waals surface area contributed by atoms with Crippen LogP contribution in [0.25, 0.3) is 22.2 Å². The Morgan fingerprint density at radius 2 is 1.74 bits per heavy atom. The van der Waals surface area contributed by atoms with Crippen LogP contribution in [-0.2, 0) is 17.6 Å². The number of hydrogen-bond donors (Lipinski definition) is 2. The van der Waals surface area contributed by atoms with E-state index < -0.39 is 0 Å². The van der Waals surface area contributed by atoms with Crippen LogP contribution in [0.15, 0.2) is 65.5 Å². The van der Waals surface area contributed by atoms with Crippen molar-refractivity contribution >= 4 is 16.8 Å². The van der Waals surface area contributed by atoms with E-state index in [1.54, 1.807) is 11.0 Å². The van der Waals surface area contributed by atoms with Gasteiger partial charge in [-0.25, -0.2) is 4.98 Å². The molecule has 0 saturated heterocycles. The minimum Gasteiger partial charge on any atom is -0.346 e. The number of amides is 1. The lowest BCUT2D eigenvalue weighted by Gasteiger charge is -2.17. The van der Waals surface area contributed by atoms with Crippen molar-refractivity contribution in [3.05, 3.63) is 82.5 Å². The normalized spacial score (nSPS) is 11.1. The van der Waals surface area contributed by atoms with E-state index in [0.29, 0.717) is 36.0 Å². The largest absolute Gasteiger partial charge is 0.346 e. The van der Waals surface area contributed by atoms with Crippen LogP contribution in [0.4, 0.5) is 0 Å². The average molecular weight is 458 g/mol. The van der Waals surface area contributed by atoms with Gasteiger partial charge in [-0.05, 0) is 43.9 Å². The molecule has 176 valence electrons. The maximum absolute atomic E-state index is 12.5. The lowest BCUT2D eigenvalue weighted by molar-refractivity contribution is -0.130. The first kappa shape index (κ1) is 23.4. The van der Waals surface area contributed by atoms with Crippen LogP contribution in [0.2, 0.25) is 0 Å². The Balaban J connectivity index is 1.13. The van der Waals surface area contributed by atoms with E-state index in [1.165, 1.54) is 0 Å². The molecule has 0 unspecified atom stereocenters. The number of aromatic amines is 2. The maximum Gasteiger partial charge on any atom is 0.258 e. The van der Waals surface area contributed by atoms with Crippen molar-refractivity contribution in [1.29, 1.82) is 0 Å². The number of aryl methyl sites for hydroxylation is 2. The van der Waals surface area contributed by atoms with Gasteiger partial charge in [-0.3, -0.25) is 14.7 Å². The zero-order chi connectivity index (χ0) is 23.8. The summed E-state index contributed by atoms with van der Waals surface area (Å²) in [6.07, 6.45) is 5.72. The first-order valence-electron chi connectivity index (χ1n) is 11.9. The Labute approximate surface area is 199 Å². The fourth-order valence-corrected chi connectivity index (χ4v) is 4.06. The number of nitrogens with one attached hydrogen (secondary N) is 2. The Morgan fingerprint density at radius 3 is 2.59 bits per heavy atom. The van der Waals surface area contributed by atoms with Gasteiger partial charge < -0.3 is 9.88 Å². The van der Waals surface area contributed by atoms with Gasteiger partial charge in [0.2, 0.25) is 5.91 Å². The number of nitrogens with zero attached hydrogens (tertiary/aromatic N) is 3. The molecule has 2 aromatic carbocycles. The second-order valence-electron chi connectivity index (χ2n) is 8.65. The first-order valence-corrected chi connectivity index (χ1v) is 11.9. The Kier molecular flexibility index (Phi) is 7.86. The highest BCUT2D eigenvalue weighted by Crippen LogP contribution is 2.18. The fourth-order valence-electron chi connectivity index (χ4n) is 4.06. The first-order chi connectivity index (χ1) is 16.6. The minimum atomic E-state index is -0.129. The van der Waals surface area contributed by atoms with Gasteiger partial charge in [0.15, 0.2) is 0 Å². The van der Waals surface area contributed by atoms with E-state index in [-0.39, 0.29) is 11.5 Å². The van der Waals surface area contributed by atoms with Crippen molar-refractivity contribution in [2.45, 2.75) is 44.9 Å². The zero-order valence-corrected chi connectivity index (χ0v) is 19.6. The van der Waals surface area contributed by atoms with Crippen molar-refractivity contribution in [3.63, 3.8) is 0 Å². The average Bonchev–Trinajstić information content (AvgIpc) is 3.33. The molecule has 0 aliphatic carbocycles. The van der Waals surface area contributed by atoms with Gasteiger partial charge in [0.05, 0.1) is 16.6 Å². The number of aromatic nitrogens is 4. The number of carbonyl (C=O) groups excluding carboxylic acids is 1. The summed E-state index contributed by atoms with van der Waals surface area (Å²) in [6.45, 7) is 0.752. The summed E-state index contributed by atoms with van der Waals surface area (Å²) < 4.78 is 0. The van der Waals surface area contributed by atoms with E-state index in [4.69, 9.17) is 0 Å². The van der Waals surface area contributed by atoms with E-state index in [9.17, 15) is 9.59 Å². The van der Waals surface area contributed by atoms with Gasteiger partial charge in [0.1, 0.15) is 5.82 Å². The molecule has 0 atom stereocenters. The second kappa shape index (κ2) is 11.4.